The first kappa shape index (κ1) is 11.6. The molecule has 0 bridgehead atoms. The third kappa shape index (κ3) is 1.66. The molecule has 0 spiro atoms. The fourth-order valence-corrected chi connectivity index (χ4v) is 2.48. The van der Waals surface area contributed by atoms with Crippen molar-refractivity contribution < 1.29 is 9.59 Å². The molecule has 3 rings (SSSR count). The smallest absolute Gasteiger partial charge is 0.319 e. The molecule has 0 saturated carbocycles. The molecule has 1 unspecified atom stereocenters. The van der Waals surface area contributed by atoms with Crippen LogP contribution in [0.5, 0.6) is 0 Å². The van der Waals surface area contributed by atoms with Crippen molar-refractivity contribution in [3.05, 3.63) is 42.1 Å². The maximum Gasteiger partial charge on any atom is 0.322 e. The Hall–Kier alpha value is -2.43. The van der Waals surface area contributed by atoms with Crippen LogP contribution < -0.4 is 10.6 Å². The number of fused-ring (bicyclic) bond motifs is 1. The Morgan fingerprint density at radius 1 is 1.26 bits per heavy atom. The Morgan fingerprint density at radius 3 is 2.79 bits per heavy atom. The monoisotopic (exact) mass is 255 g/mol. The van der Waals surface area contributed by atoms with Gasteiger partial charge < -0.3 is 5.32 Å². The first-order chi connectivity index (χ1) is 9.15. The van der Waals surface area contributed by atoms with E-state index in [9.17, 15) is 9.59 Å². The quantitative estimate of drug-likeness (QED) is 0.802. The molecule has 1 aromatic heterocycles. The van der Waals surface area contributed by atoms with Crippen LogP contribution in [0.3, 0.4) is 0 Å². The molecule has 1 atom stereocenters. The summed E-state index contributed by atoms with van der Waals surface area (Å²) in [6.45, 7) is 1.87. The van der Waals surface area contributed by atoms with Gasteiger partial charge in [0.2, 0.25) is 0 Å². The number of aromatic nitrogens is 1. The maximum absolute atomic E-state index is 12.1. The summed E-state index contributed by atoms with van der Waals surface area (Å²) in [5.74, 6) is -0.310. The molecule has 5 heteroatoms. The molecule has 96 valence electrons. The van der Waals surface area contributed by atoms with Gasteiger partial charge in [0.25, 0.3) is 5.91 Å². The summed E-state index contributed by atoms with van der Waals surface area (Å²) in [5, 5.41) is 6.02. The highest BCUT2D eigenvalue weighted by Gasteiger charge is 2.46. The Balaban J connectivity index is 2.17. The van der Waals surface area contributed by atoms with Crippen LogP contribution in [0.25, 0.3) is 10.9 Å². The van der Waals surface area contributed by atoms with Crippen LogP contribution in [0.15, 0.2) is 36.5 Å². The van der Waals surface area contributed by atoms with Gasteiger partial charge in [-0.05, 0) is 24.1 Å². The number of pyridine rings is 1. The van der Waals surface area contributed by atoms with Crippen molar-refractivity contribution in [1.82, 2.24) is 15.6 Å². The van der Waals surface area contributed by atoms with E-state index in [0.717, 1.165) is 16.5 Å². The standard InChI is InChI=1S/C14H13N3O2/c1-2-14(12(18)16-13(19)17-14)10-6-5-9-4-3-7-15-11(9)8-10/h3-8H,2H2,1H3,(H2,16,17,18,19). The van der Waals surface area contributed by atoms with E-state index >= 15 is 0 Å². The predicted octanol–water partition coefficient (Wildman–Crippen LogP) is 1.68. The molecule has 19 heavy (non-hydrogen) atoms. The lowest BCUT2D eigenvalue weighted by Gasteiger charge is -2.25. The highest BCUT2D eigenvalue weighted by atomic mass is 16.2. The lowest BCUT2D eigenvalue weighted by Crippen LogP contribution is -2.43. The maximum atomic E-state index is 12.1. The normalized spacial score (nSPS) is 22.4. The number of benzene rings is 1. The van der Waals surface area contributed by atoms with E-state index in [2.05, 4.69) is 15.6 Å². The second-order valence-corrected chi connectivity index (χ2v) is 4.58. The molecular formula is C14H13N3O2. The molecule has 2 aromatic rings. The van der Waals surface area contributed by atoms with Gasteiger partial charge >= 0.3 is 6.03 Å². The Kier molecular flexibility index (Phi) is 2.48. The van der Waals surface area contributed by atoms with Gasteiger partial charge in [0.05, 0.1) is 5.52 Å². The molecule has 3 amide bonds. The summed E-state index contributed by atoms with van der Waals surface area (Å²) in [7, 11) is 0. The van der Waals surface area contributed by atoms with Crippen LogP contribution in [-0.4, -0.2) is 16.9 Å². The van der Waals surface area contributed by atoms with Crippen LogP contribution in [-0.2, 0) is 10.3 Å². The van der Waals surface area contributed by atoms with Gasteiger partial charge in [-0.1, -0.05) is 25.1 Å². The first-order valence-electron chi connectivity index (χ1n) is 6.14. The predicted molar refractivity (Wildman–Crippen MR) is 70.4 cm³/mol. The molecule has 1 fully saturated rings. The first-order valence-corrected chi connectivity index (χ1v) is 6.14. The molecule has 1 saturated heterocycles. The third-order valence-corrected chi connectivity index (χ3v) is 3.57. The minimum absolute atomic E-state index is 0.310. The number of urea groups is 1. The highest BCUT2D eigenvalue weighted by Crippen LogP contribution is 2.30. The number of imide groups is 1. The third-order valence-electron chi connectivity index (χ3n) is 3.57. The van der Waals surface area contributed by atoms with Crippen LogP contribution in [0.1, 0.15) is 18.9 Å². The fraction of sp³-hybridized carbons (Fsp3) is 0.214. The van der Waals surface area contributed by atoms with Crippen molar-refractivity contribution in [3.63, 3.8) is 0 Å². The number of nitrogens with one attached hydrogen (secondary N) is 2. The number of hydrogen-bond donors (Lipinski definition) is 2. The number of amides is 3. The van der Waals surface area contributed by atoms with E-state index in [1.165, 1.54) is 0 Å². The lowest BCUT2D eigenvalue weighted by molar-refractivity contribution is -0.124. The average Bonchev–Trinajstić information content (AvgIpc) is 2.73. The van der Waals surface area contributed by atoms with Crippen molar-refractivity contribution in [2.24, 2.45) is 0 Å². The zero-order chi connectivity index (χ0) is 13.5. The van der Waals surface area contributed by atoms with Gasteiger partial charge in [-0.2, -0.15) is 0 Å². The topological polar surface area (TPSA) is 71.1 Å². The summed E-state index contributed by atoms with van der Waals surface area (Å²) < 4.78 is 0. The van der Waals surface area contributed by atoms with E-state index in [1.807, 2.05) is 37.3 Å². The summed E-state index contributed by atoms with van der Waals surface area (Å²) in [4.78, 5) is 27.7. The minimum Gasteiger partial charge on any atom is -0.319 e. The molecule has 1 aliphatic rings. The zero-order valence-electron chi connectivity index (χ0n) is 10.4. The molecule has 1 aromatic carbocycles. The van der Waals surface area contributed by atoms with Crippen molar-refractivity contribution in [2.45, 2.75) is 18.9 Å². The van der Waals surface area contributed by atoms with Crippen LogP contribution in [0, 0.1) is 0 Å². The largest absolute Gasteiger partial charge is 0.322 e. The molecule has 0 aliphatic carbocycles. The molecule has 5 nitrogen and oxygen atoms in total. The van der Waals surface area contributed by atoms with Crippen molar-refractivity contribution in [2.75, 3.05) is 0 Å². The van der Waals surface area contributed by atoms with Crippen LogP contribution in [0.4, 0.5) is 4.79 Å². The molecule has 0 radical (unpaired) electrons. The Morgan fingerprint density at radius 2 is 2.11 bits per heavy atom. The van der Waals surface area contributed by atoms with Gasteiger partial charge in [-0.25, -0.2) is 4.79 Å². The Bertz CT molecular complexity index is 683. The number of carbonyl (C=O) groups is 2. The van der Waals surface area contributed by atoms with Gasteiger partial charge in [0, 0.05) is 11.6 Å². The molecule has 1 aliphatic heterocycles. The molecule has 2 heterocycles. The van der Waals surface area contributed by atoms with E-state index in [1.54, 1.807) is 6.20 Å². The van der Waals surface area contributed by atoms with Crippen LogP contribution >= 0.6 is 0 Å². The van der Waals surface area contributed by atoms with Crippen LogP contribution in [0.2, 0.25) is 0 Å². The van der Waals surface area contributed by atoms with Crippen molar-refractivity contribution in [1.29, 1.82) is 0 Å². The summed E-state index contributed by atoms with van der Waals surface area (Å²) >= 11 is 0. The lowest BCUT2D eigenvalue weighted by atomic mass is 9.87. The van der Waals surface area contributed by atoms with Crippen molar-refractivity contribution in [3.8, 4) is 0 Å². The second-order valence-electron chi connectivity index (χ2n) is 4.58. The summed E-state index contributed by atoms with van der Waals surface area (Å²) in [6, 6.07) is 8.99. The number of rotatable bonds is 2. The van der Waals surface area contributed by atoms with E-state index in [4.69, 9.17) is 0 Å². The highest BCUT2D eigenvalue weighted by molar-refractivity contribution is 6.07. The minimum atomic E-state index is -0.983. The van der Waals surface area contributed by atoms with Gasteiger partial charge in [-0.3, -0.25) is 15.1 Å². The van der Waals surface area contributed by atoms with Gasteiger partial charge in [-0.15, -0.1) is 0 Å². The van der Waals surface area contributed by atoms with E-state index in [-0.39, 0.29) is 5.91 Å². The second kappa shape index (κ2) is 4.05. The summed E-state index contributed by atoms with van der Waals surface area (Å²) in [6.07, 6.45) is 2.20. The molecular weight excluding hydrogens is 242 g/mol. The van der Waals surface area contributed by atoms with Gasteiger partial charge in [0.15, 0.2) is 0 Å². The average molecular weight is 255 g/mol. The van der Waals surface area contributed by atoms with Crippen molar-refractivity contribution >= 4 is 22.8 Å². The number of hydrogen-bond acceptors (Lipinski definition) is 3. The summed E-state index contributed by atoms with van der Waals surface area (Å²) in [5.41, 5.74) is 0.578. The number of carbonyl (C=O) groups excluding carboxylic acids is 2. The van der Waals surface area contributed by atoms with E-state index in [0.29, 0.717) is 6.42 Å². The molecule has 2 N–H and O–H groups in total. The number of nitrogens with zero attached hydrogens (tertiary/aromatic N) is 1. The SMILES string of the molecule is CCC1(c2ccc3cccnc3c2)NC(=O)NC1=O. The van der Waals surface area contributed by atoms with E-state index < -0.39 is 11.6 Å². The van der Waals surface area contributed by atoms with Gasteiger partial charge in [0.1, 0.15) is 5.54 Å². The zero-order valence-corrected chi connectivity index (χ0v) is 10.4. The fourth-order valence-electron chi connectivity index (χ4n) is 2.48. The Labute approximate surface area is 110 Å².